The molecule has 0 aliphatic rings. The first kappa shape index (κ1) is 17.3. The topological polar surface area (TPSA) is 98.5 Å². The van der Waals surface area contributed by atoms with Gasteiger partial charge in [0.15, 0.2) is 0 Å². The van der Waals surface area contributed by atoms with Crippen molar-refractivity contribution in [1.29, 1.82) is 0 Å². The van der Waals surface area contributed by atoms with Gasteiger partial charge >= 0.3 is 0 Å². The van der Waals surface area contributed by atoms with Crippen LogP contribution in [0.2, 0.25) is 5.02 Å². The standard InChI is InChI=1S/C15H15ClN2O4S/c1-9-3-5-11(8-14(9)23(17,20)21)18-15(19)12-7-10(16)4-6-13(12)22-2/h3-8H,1-2H3,(H,18,19)(H2,17,20,21). The number of amides is 1. The average Bonchev–Trinajstić information content (AvgIpc) is 2.48. The normalized spacial score (nSPS) is 11.1. The molecule has 0 spiro atoms. The predicted molar refractivity (Wildman–Crippen MR) is 88.5 cm³/mol. The molecular formula is C15H15ClN2O4S. The minimum absolute atomic E-state index is 0.0478. The lowest BCUT2D eigenvalue weighted by Gasteiger charge is -2.11. The molecule has 23 heavy (non-hydrogen) atoms. The fraction of sp³-hybridized carbons (Fsp3) is 0.133. The summed E-state index contributed by atoms with van der Waals surface area (Å²) in [6.07, 6.45) is 0. The van der Waals surface area contributed by atoms with Gasteiger partial charge in [0.2, 0.25) is 10.0 Å². The second-order valence-electron chi connectivity index (χ2n) is 4.82. The van der Waals surface area contributed by atoms with Crippen LogP contribution in [0, 0.1) is 6.92 Å². The summed E-state index contributed by atoms with van der Waals surface area (Å²) < 4.78 is 28.2. The van der Waals surface area contributed by atoms with Gasteiger partial charge in [-0.05, 0) is 42.8 Å². The number of carbonyl (C=O) groups is 1. The molecule has 0 heterocycles. The smallest absolute Gasteiger partial charge is 0.259 e. The number of nitrogens with one attached hydrogen (secondary N) is 1. The molecular weight excluding hydrogens is 340 g/mol. The number of hydrogen-bond donors (Lipinski definition) is 2. The van der Waals surface area contributed by atoms with E-state index < -0.39 is 15.9 Å². The molecule has 8 heteroatoms. The Bertz CT molecular complexity index is 866. The van der Waals surface area contributed by atoms with Gasteiger partial charge in [0.25, 0.3) is 5.91 Å². The number of aryl methyl sites for hydroxylation is 1. The molecule has 0 saturated heterocycles. The highest BCUT2D eigenvalue weighted by Crippen LogP contribution is 2.25. The van der Waals surface area contributed by atoms with E-state index in [2.05, 4.69) is 5.32 Å². The second kappa shape index (κ2) is 6.57. The minimum Gasteiger partial charge on any atom is -0.496 e. The van der Waals surface area contributed by atoms with Gasteiger partial charge in [0, 0.05) is 10.7 Å². The number of methoxy groups -OCH3 is 1. The predicted octanol–water partition coefficient (Wildman–Crippen LogP) is 2.56. The van der Waals surface area contributed by atoms with Gasteiger partial charge in [-0.2, -0.15) is 0 Å². The SMILES string of the molecule is COc1ccc(Cl)cc1C(=O)Nc1ccc(C)c(S(N)(=O)=O)c1. The van der Waals surface area contributed by atoms with Crippen molar-refractivity contribution in [3.8, 4) is 5.75 Å². The zero-order chi connectivity index (χ0) is 17.2. The van der Waals surface area contributed by atoms with E-state index in [0.29, 0.717) is 22.0 Å². The molecule has 0 radical (unpaired) electrons. The van der Waals surface area contributed by atoms with Crippen LogP contribution >= 0.6 is 11.6 Å². The van der Waals surface area contributed by atoms with Crippen molar-refractivity contribution in [3.05, 3.63) is 52.5 Å². The van der Waals surface area contributed by atoms with E-state index >= 15 is 0 Å². The lowest BCUT2D eigenvalue weighted by Crippen LogP contribution is -2.16. The summed E-state index contributed by atoms with van der Waals surface area (Å²) in [5.41, 5.74) is 1.02. The lowest BCUT2D eigenvalue weighted by molar-refractivity contribution is 0.102. The van der Waals surface area contributed by atoms with Crippen molar-refractivity contribution >= 4 is 33.2 Å². The van der Waals surface area contributed by atoms with Gasteiger partial charge in [0.05, 0.1) is 17.6 Å². The Morgan fingerprint density at radius 2 is 1.91 bits per heavy atom. The molecule has 0 saturated carbocycles. The van der Waals surface area contributed by atoms with Crippen LogP contribution in [-0.4, -0.2) is 21.4 Å². The van der Waals surface area contributed by atoms with Gasteiger partial charge in [-0.15, -0.1) is 0 Å². The Morgan fingerprint density at radius 3 is 2.52 bits per heavy atom. The molecule has 1 amide bonds. The molecule has 0 bridgehead atoms. The minimum atomic E-state index is -3.87. The summed E-state index contributed by atoms with van der Waals surface area (Å²) in [6.45, 7) is 1.62. The van der Waals surface area contributed by atoms with Crippen LogP contribution in [0.25, 0.3) is 0 Å². The first-order valence-electron chi connectivity index (χ1n) is 6.50. The molecule has 2 aromatic carbocycles. The van der Waals surface area contributed by atoms with Gasteiger partial charge in [-0.25, -0.2) is 13.6 Å². The summed E-state index contributed by atoms with van der Waals surface area (Å²) in [7, 11) is -2.44. The number of primary sulfonamides is 1. The first-order chi connectivity index (χ1) is 10.7. The zero-order valence-electron chi connectivity index (χ0n) is 12.5. The fourth-order valence-electron chi connectivity index (χ4n) is 2.04. The van der Waals surface area contributed by atoms with Crippen molar-refractivity contribution in [2.45, 2.75) is 11.8 Å². The van der Waals surface area contributed by atoms with Crippen molar-refractivity contribution in [1.82, 2.24) is 0 Å². The largest absolute Gasteiger partial charge is 0.496 e. The number of benzene rings is 2. The number of hydrogen-bond acceptors (Lipinski definition) is 4. The second-order valence-corrected chi connectivity index (χ2v) is 6.79. The maximum Gasteiger partial charge on any atom is 0.259 e. The van der Waals surface area contributed by atoms with E-state index in [9.17, 15) is 13.2 Å². The van der Waals surface area contributed by atoms with Gasteiger partial charge in [-0.3, -0.25) is 4.79 Å². The molecule has 0 fully saturated rings. The third kappa shape index (κ3) is 4.01. The Morgan fingerprint density at radius 1 is 1.22 bits per heavy atom. The van der Waals surface area contributed by atoms with Crippen molar-refractivity contribution in [2.24, 2.45) is 5.14 Å². The fourth-order valence-corrected chi connectivity index (χ4v) is 3.02. The van der Waals surface area contributed by atoms with Crippen LogP contribution in [0.4, 0.5) is 5.69 Å². The van der Waals surface area contributed by atoms with Crippen LogP contribution in [-0.2, 0) is 10.0 Å². The number of sulfonamides is 1. The quantitative estimate of drug-likeness (QED) is 0.881. The number of carbonyl (C=O) groups excluding carboxylic acids is 1. The van der Waals surface area contributed by atoms with Gasteiger partial charge in [-0.1, -0.05) is 17.7 Å². The Labute approximate surface area is 139 Å². The number of nitrogens with two attached hydrogens (primary N) is 1. The average molecular weight is 355 g/mol. The maximum atomic E-state index is 12.4. The molecule has 6 nitrogen and oxygen atoms in total. The molecule has 122 valence electrons. The molecule has 0 aliphatic carbocycles. The number of anilines is 1. The summed E-state index contributed by atoms with van der Waals surface area (Å²) >= 11 is 5.90. The highest BCUT2D eigenvalue weighted by Gasteiger charge is 2.16. The van der Waals surface area contributed by atoms with E-state index in [1.165, 1.54) is 19.2 Å². The number of halogens is 1. The van der Waals surface area contributed by atoms with E-state index in [1.54, 1.807) is 31.2 Å². The zero-order valence-corrected chi connectivity index (χ0v) is 14.0. The summed E-state index contributed by atoms with van der Waals surface area (Å²) in [5, 5.41) is 8.14. The molecule has 0 unspecified atom stereocenters. The number of ether oxygens (including phenoxy) is 1. The Hall–Kier alpha value is -2.09. The molecule has 0 aromatic heterocycles. The van der Waals surface area contributed by atoms with Gasteiger partial charge < -0.3 is 10.1 Å². The molecule has 2 rings (SSSR count). The Kier molecular flexibility index (Phi) is 4.93. The van der Waals surface area contributed by atoms with E-state index in [-0.39, 0.29) is 10.5 Å². The van der Waals surface area contributed by atoms with E-state index in [4.69, 9.17) is 21.5 Å². The van der Waals surface area contributed by atoms with Crippen LogP contribution in [0.5, 0.6) is 5.75 Å². The molecule has 0 aliphatic heterocycles. The Balaban J connectivity index is 2.37. The van der Waals surface area contributed by atoms with Crippen LogP contribution in [0.15, 0.2) is 41.3 Å². The third-order valence-corrected chi connectivity index (χ3v) is 4.45. The van der Waals surface area contributed by atoms with Crippen molar-refractivity contribution in [3.63, 3.8) is 0 Å². The molecule has 3 N–H and O–H groups in total. The third-order valence-electron chi connectivity index (χ3n) is 3.16. The van der Waals surface area contributed by atoms with Crippen molar-refractivity contribution < 1.29 is 17.9 Å². The monoisotopic (exact) mass is 354 g/mol. The summed E-state index contributed by atoms with van der Waals surface area (Å²) in [6, 6.07) is 9.08. The van der Waals surface area contributed by atoms with Crippen LogP contribution < -0.4 is 15.2 Å². The molecule has 0 atom stereocenters. The highest BCUT2D eigenvalue weighted by molar-refractivity contribution is 7.89. The van der Waals surface area contributed by atoms with Crippen LogP contribution in [0.3, 0.4) is 0 Å². The highest BCUT2D eigenvalue weighted by atomic mass is 35.5. The molecule has 2 aromatic rings. The maximum absolute atomic E-state index is 12.4. The first-order valence-corrected chi connectivity index (χ1v) is 8.43. The summed E-state index contributed by atoms with van der Waals surface area (Å²) in [5.74, 6) is -0.126. The van der Waals surface area contributed by atoms with Gasteiger partial charge in [0.1, 0.15) is 5.75 Å². The number of rotatable bonds is 4. The lowest BCUT2D eigenvalue weighted by atomic mass is 10.1. The van der Waals surface area contributed by atoms with Crippen molar-refractivity contribution in [2.75, 3.05) is 12.4 Å². The van der Waals surface area contributed by atoms with Crippen LogP contribution in [0.1, 0.15) is 15.9 Å². The van der Waals surface area contributed by atoms with E-state index in [0.717, 1.165) is 0 Å². The summed E-state index contributed by atoms with van der Waals surface area (Å²) in [4.78, 5) is 12.3. The van der Waals surface area contributed by atoms with E-state index in [1.807, 2.05) is 0 Å².